The number of nitrogens with one attached hydrogen (secondary N) is 1. The molecule has 2 aromatic carbocycles. The molecule has 0 radical (unpaired) electrons. The van der Waals surface area contributed by atoms with Crippen LogP contribution in [0.2, 0.25) is 0 Å². The molecule has 0 bridgehead atoms. The fourth-order valence-electron chi connectivity index (χ4n) is 6.52. The number of aryl methyl sites for hydroxylation is 1. The van der Waals surface area contributed by atoms with Gasteiger partial charge < -0.3 is 10.2 Å². The summed E-state index contributed by atoms with van der Waals surface area (Å²) in [6, 6.07) is 7.49. The van der Waals surface area contributed by atoms with Crippen LogP contribution in [0, 0.1) is 18.8 Å². The number of alkyl halides is 2. The monoisotopic (exact) mass is 716 g/mol. The number of carbonyl (C=O) groups is 2. The first-order valence-corrected chi connectivity index (χ1v) is 19.7. The number of halogens is 6. The van der Waals surface area contributed by atoms with E-state index in [2.05, 4.69) is 36.0 Å². The van der Waals surface area contributed by atoms with Crippen LogP contribution in [0.25, 0.3) is 12.3 Å². The second kappa shape index (κ2) is 14.2. The number of fused-ring (bicyclic) bond motifs is 1. The molecule has 12 heteroatoms. The molecule has 2 aromatic rings. The Hall–Kier alpha value is -2.86. The molecule has 1 saturated carbocycles. The number of rotatable bonds is 14. The fraction of sp³-hybridized carbons (Fsp3) is 0.500. The number of hydrogen-bond acceptors (Lipinski definition) is 4. The second-order valence-electron chi connectivity index (χ2n) is 13.3. The first-order chi connectivity index (χ1) is 22.3. The quantitative estimate of drug-likeness (QED) is 0.0918. The Labute approximate surface area is 283 Å². The SMILES string of the molecule is C=CCS(F)(F)(F)(F)c1ccc(C(=O)CC2CCCC(CN3C=c4cc(C(=O)NCCSC(F)(F)CC)c(C)cc4=CCC3C)C2)cc1. The zero-order valence-electron chi connectivity index (χ0n) is 27.8. The highest BCUT2D eigenvalue weighted by molar-refractivity contribution is 8.49. The van der Waals surface area contributed by atoms with E-state index in [9.17, 15) is 33.9 Å². The molecule has 1 aliphatic heterocycles. The smallest absolute Gasteiger partial charge is 0.293 e. The Morgan fingerprint density at radius 1 is 1.08 bits per heavy atom. The van der Waals surface area contributed by atoms with Crippen molar-refractivity contribution in [1.29, 1.82) is 0 Å². The Bertz CT molecular complexity index is 1640. The van der Waals surface area contributed by atoms with Crippen LogP contribution in [0.1, 0.15) is 85.1 Å². The molecule has 1 N–H and O–H groups in total. The molecule has 2 aliphatic rings. The minimum absolute atomic E-state index is 0.0839. The normalized spacial score (nSPS) is 21.4. The lowest BCUT2D eigenvalue weighted by Crippen LogP contribution is -2.36. The van der Waals surface area contributed by atoms with Crippen LogP contribution in [-0.2, 0) is 0 Å². The van der Waals surface area contributed by atoms with Gasteiger partial charge in [-0.05, 0) is 85.6 Å². The third-order valence-corrected chi connectivity index (χ3v) is 12.7. The van der Waals surface area contributed by atoms with Gasteiger partial charge in [0.2, 0.25) is 0 Å². The highest BCUT2D eigenvalue weighted by Crippen LogP contribution is 3.00. The topological polar surface area (TPSA) is 49.4 Å². The van der Waals surface area contributed by atoms with Crippen molar-refractivity contribution in [2.45, 2.75) is 81.9 Å². The van der Waals surface area contributed by atoms with E-state index in [-0.39, 0.29) is 54.4 Å². The molecule has 1 amide bonds. The fourth-order valence-corrected chi connectivity index (χ4v) is 8.64. The van der Waals surface area contributed by atoms with Crippen LogP contribution in [-0.4, -0.2) is 52.5 Å². The van der Waals surface area contributed by atoms with Gasteiger partial charge in [-0.2, -0.15) is 8.78 Å². The Balaban J connectivity index is 1.41. The molecule has 0 saturated heterocycles. The molecule has 0 spiro atoms. The summed E-state index contributed by atoms with van der Waals surface area (Å²) in [7, 11) is -8.48. The van der Waals surface area contributed by atoms with Crippen molar-refractivity contribution < 1.29 is 33.9 Å². The van der Waals surface area contributed by atoms with Crippen molar-refractivity contribution >= 4 is 45.6 Å². The molecule has 4 rings (SSSR count). The third-order valence-electron chi connectivity index (χ3n) is 9.32. The van der Waals surface area contributed by atoms with E-state index >= 15 is 0 Å². The minimum Gasteiger partial charge on any atom is -0.374 e. The summed E-state index contributed by atoms with van der Waals surface area (Å²) in [5, 5.41) is 1.88. The maximum atomic E-state index is 14.4. The van der Waals surface area contributed by atoms with Gasteiger partial charge in [0.1, 0.15) is 0 Å². The Morgan fingerprint density at radius 3 is 2.44 bits per heavy atom. The zero-order chi connectivity index (χ0) is 35.4. The van der Waals surface area contributed by atoms with E-state index in [0.717, 1.165) is 66.8 Å². The van der Waals surface area contributed by atoms with Gasteiger partial charge in [-0.3, -0.25) is 9.59 Å². The lowest BCUT2D eigenvalue weighted by Gasteiger charge is -2.49. The predicted octanol–water partition coefficient (Wildman–Crippen LogP) is 9.11. The molecule has 4 nitrogen and oxygen atoms in total. The van der Waals surface area contributed by atoms with Crippen LogP contribution in [0.3, 0.4) is 0 Å². The van der Waals surface area contributed by atoms with Crippen LogP contribution in [0.5, 0.6) is 0 Å². The molecule has 3 unspecified atom stereocenters. The zero-order valence-corrected chi connectivity index (χ0v) is 29.4. The standard InChI is InChI=1S/C36H46F6N2O2S2/c1-5-18-48(39,40,41,42)32-14-12-29(13-15-32)34(45)21-27-8-7-9-28(20-27)23-44-24-31-22-33(25(3)19-30(31)11-10-26(44)4)35(46)43-16-17-47-36(37,38)6-2/h5,11-15,19,22,24,26-28H,1,6-10,16-18,20-21,23H2,2-4H3,(H,43,46). The highest BCUT2D eigenvalue weighted by Gasteiger charge is 2.63. The van der Waals surface area contributed by atoms with Crippen LogP contribution in [0.15, 0.2) is 53.9 Å². The molecule has 1 aliphatic carbocycles. The summed E-state index contributed by atoms with van der Waals surface area (Å²) >= 11 is 0.531. The lowest BCUT2D eigenvalue weighted by molar-refractivity contribution is 0.0930. The van der Waals surface area contributed by atoms with Gasteiger partial charge in [0, 0.05) is 55.1 Å². The van der Waals surface area contributed by atoms with Gasteiger partial charge in [-0.1, -0.05) is 55.5 Å². The number of Topliss-reactive ketones (excluding diaryl/α,β-unsaturated/α-hetero) is 1. The number of nitrogens with zero attached hydrogens (tertiary/aromatic N) is 1. The summed E-state index contributed by atoms with van der Waals surface area (Å²) in [5.41, 5.74) is 1.44. The Morgan fingerprint density at radius 2 is 1.77 bits per heavy atom. The van der Waals surface area contributed by atoms with E-state index in [0.29, 0.717) is 41.5 Å². The summed E-state index contributed by atoms with van der Waals surface area (Å²) in [6.45, 7) is 9.35. The number of thioether (sulfide) groups is 1. The largest absolute Gasteiger partial charge is 0.374 e. The van der Waals surface area contributed by atoms with E-state index in [4.69, 9.17) is 0 Å². The van der Waals surface area contributed by atoms with Gasteiger partial charge in [-0.25, -0.2) is 0 Å². The molecule has 3 atom stereocenters. The van der Waals surface area contributed by atoms with Crippen molar-refractivity contribution in [2.24, 2.45) is 11.8 Å². The summed E-state index contributed by atoms with van der Waals surface area (Å²) in [6.07, 6.45) is 9.07. The van der Waals surface area contributed by atoms with Crippen LogP contribution < -0.4 is 15.8 Å². The average Bonchev–Trinajstić information content (AvgIpc) is 3.16. The lowest BCUT2D eigenvalue weighted by atomic mass is 9.78. The van der Waals surface area contributed by atoms with E-state index in [1.165, 1.54) is 6.92 Å². The van der Waals surface area contributed by atoms with Gasteiger partial charge >= 0.3 is 0 Å². The van der Waals surface area contributed by atoms with Crippen molar-refractivity contribution in [3.8, 4) is 0 Å². The molecule has 266 valence electrons. The maximum Gasteiger partial charge on any atom is 0.293 e. The van der Waals surface area contributed by atoms with E-state index in [1.54, 1.807) is 0 Å². The van der Waals surface area contributed by atoms with Crippen molar-refractivity contribution in [3.05, 3.63) is 76.2 Å². The third kappa shape index (κ3) is 9.64. The number of amides is 1. The van der Waals surface area contributed by atoms with Gasteiger partial charge in [0.15, 0.2) is 15.6 Å². The molecule has 1 fully saturated rings. The predicted molar refractivity (Wildman–Crippen MR) is 186 cm³/mol. The molecule has 48 heavy (non-hydrogen) atoms. The minimum atomic E-state index is -8.48. The molecular weight excluding hydrogens is 671 g/mol. The number of ketones is 1. The van der Waals surface area contributed by atoms with Gasteiger partial charge in [-0.15, -0.1) is 22.1 Å². The molecule has 1 heterocycles. The molecular formula is C36H46F6N2O2S2. The van der Waals surface area contributed by atoms with Crippen LogP contribution in [0.4, 0.5) is 24.3 Å². The van der Waals surface area contributed by atoms with Gasteiger partial charge in [0.05, 0.1) is 10.6 Å². The first-order valence-electron chi connectivity index (χ1n) is 16.5. The summed E-state index contributed by atoms with van der Waals surface area (Å²) in [5.74, 6) is -1.79. The second-order valence-corrected chi connectivity index (χ2v) is 17.8. The van der Waals surface area contributed by atoms with Crippen molar-refractivity contribution in [2.75, 3.05) is 24.6 Å². The highest BCUT2D eigenvalue weighted by atomic mass is 32.5. The summed E-state index contributed by atoms with van der Waals surface area (Å²) < 4.78 is 84.5. The summed E-state index contributed by atoms with van der Waals surface area (Å²) in [4.78, 5) is 27.0. The van der Waals surface area contributed by atoms with Crippen molar-refractivity contribution in [1.82, 2.24) is 10.2 Å². The number of carbonyl (C=O) groups excluding carboxylic acids is 2. The van der Waals surface area contributed by atoms with Crippen molar-refractivity contribution in [3.63, 3.8) is 0 Å². The van der Waals surface area contributed by atoms with Gasteiger partial charge in [0.25, 0.3) is 11.2 Å². The number of hydrogen-bond donors (Lipinski definition) is 1. The molecule has 0 aromatic heterocycles. The first kappa shape index (κ1) is 38.0. The van der Waals surface area contributed by atoms with E-state index < -0.39 is 25.7 Å². The average molecular weight is 717 g/mol. The van der Waals surface area contributed by atoms with E-state index in [1.807, 2.05) is 19.1 Å². The number of benzene rings is 2. The Kier molecular flexibility index (Phi) is 11.2. The maximum absolute atomic E-state index is 14.4. The van der Waals surface area contributed by atoms with Crippen LogP contribution >= 0.6 is 21.6 Å².